The van der Waals surface area contributed by atoms with Crippen molar-refractivity contribution in [2.45, 2.75) is 36.0 Å². The maximum atomic E-state index is 11.7. The largest absolute Gasteiger partial charge is 0.369 e. The summed E-state index contributed by atoms with van der Waals surface area (Å²) < 4.78 is 2.48. The van der Waals surface area contributed by atoms with Crippen LogP contribution in [0.25, 0.3) is 0 Å². The molecule has 0 amide bonds. The van der Waals surface area contributed by atoms with Crippen LogP contribution in [0.15, 0.2) is 25.8 Å². The molecule has 1 saturated carbocycles. The molecule has 0 spiro atoms. The second-order valence-corrected chi connectivity index (χ2v) is 6.14. The molecule has 7 nitrogen and oxygen atoms in total. The summed E-state index contributed by atoms with van der Waals surface area (Å²) in [5.74, 6) is 0.737. The maximum absolute atomic E-state index is 11.7. The summed E-state index contributed by atoms with van der Waals surface area (Å²) in [4.78, 5) is 20.1. The Morgan fingerprint density at radius 3 is 3.05 bits per heavy atom. The van der Waals surface area contributed by atoms with Gasteiger partial charge in [0.1, 0.15) is 17.2 Å². The smallest absolute Gasteiger partial charge is 0.344 e. The first kappa shape index (κ1) is 13.6. The Morgan fingerprint density at radius 2 is 2.35 bits per heavy atom. The highest BCUT2D eigenvalue weighted by Gasteiger charge is 2.29. The van der Waals surface area contributed by atoms with Crippen molar-refractivity contribution in [1.29, 1.82) is 0 Å². The molecule has 0 unspecified atom stereocenters. The van der Waals surface area contributed by atoms with E-state index in [1.165, 1.54) is 18.1 Å². The molecule has 0 atom stereocenters. The van der Waals surface area contributed by atoms with Gasteiger partial charge in [0.15, 0.2) is 5.16 Å². The van der Waals surface area contributed by atoms with E-state index >= 15 is 0 Å². The number of hydrogen-bond donors (Lipinski definition) is 2. The zero-order chi connectivity index (χ0) is 14.1. The van der Waals surface area contributed by atoms with Gasteiger partial charge in [-0.25, -0.2) is 19.9 Å². The van der Waals surface area contributed by atoms with Crippen molar-refractivity contribution in [1.82, 2.24) is 24.7 Å². The summed E-state index contributed by atoms with van der Waals surface area (Å²) >= 11 is 4.84. The van der Waals surface area contributed by atoms with E-state index in [9.17, 15) is 4.79 Å². The Labute approximate surface area is 127 Å². The molecule has 106 valence electrons. The molecule has 1 aliphatic rings. The first-order valence-electron chi connectivity index (χ1n) is 6.29. The lowest BCUT2D eigenvalue weighted by atomic mass is 10.5. The zero-order valence-electron chi connectivity index (χ0n) is 10.8. The van der Waals surface area contributed by atoms with Crippen molar-refractivity contribution in [2.75, 3.05) is 11.9 Å². The number of nitrogens with one attached hydrogen (secondary N) is 2. The van der Waals surface area contributed by atoms with Gasteiger partial charge in [-0.2, -0.15) is 0 Å². The van der Waals surface area contributed by atoms with Gasteiger partial charge < -0.3 is 5.32 Å². The van der Waals surface area contributed by atoms with E-state index in [1.54, 1.807) is 4.57 Å². The predicted octanol–water partition coefficient (Wildman–Crippen LogP) is 2.04. The summed E-state index contributed by atoms with van der Waals surface area (Å²) in [6, 6.07) is 0.276. The first-order chi connectivity index (χ1) is 9.70. The molecule has 2 aromatic rings. The van der Waals surface area contributed by atoms with Crippen LogP contribution >= 0.6 is 27.7 Å². The Morgan fingerprint density at radius 1 is 1.55 bits per heavy atom. The normalized spacial score (nSPS) is 14.5. The molecule has 1 fully saturated rings. The molecule has 0 aliphatic heterocycles. The highest BCUT2D eigenvalue weighted by Crippen LogP contribution is 2.39. The molecule has 2 aromatic heterocycles. The number of halogens is 1. The van der Waals surface area contributed by atoms with Crippen molar-refractivity contribution >= 4 is 33.5 Å². The highest BCUT2D eigenvalue weighted by atomic mass is 79.9. The van der Waals surface area contributed by atoms with Gasteiger partial charge in [-0.05, 0) is 47.5 Å². The van der Waals surface area contributed by atoms with Crippen LogP contribution in [0.4, 0.5) is 5.82 Å². The molecule has 0 bridgehead atoms. The Hall–Kier alpha value is -1.35. The second kappa shape index (κ2) is 5.57. The Balaban J connectivity index is 1.92. The van der Waals surface area contributed by atoms with Gasteiger partial charge in [-0.1, -0.05) is 0 Å². The summed E-state index contributed by atoms with van der Waals surface area (Å²) in [5.41, 5.74) is -0.160. The van der Waals surface area contributed by atoms with E-state index in [4.69, 9.17) is 0 Å². The molecule has 3 rings (SSSR count). The third-order valence-electron chi connectivity index (χ3n) is 2.87. The molecule has 20 heavy (non-hydrogen) atoms. The van der Waals surface area contributed by atoms with Crippen LogP contribution in [0.2, 0.25) is 0 Å². The van der Waals surface area contributed by atoms with E-state index in [-0.39, 0.29) is 11.7 Å². The molecule has 0 saturated heterocycles. The number of H-pyrrole nitrogens is 1. The molecular formula is C11H13BrN6OS. The van der Waals surface area contributed by atoms with E-state index in [0.29, 0.717) is 5.16 Å². The van der Waals surface area contributed by atoms with Crippen molar-refractivity contribution in [2.24, 2.45) is 0 Å². The van der Waals surface area contributed by atoms with Crippen molar-refractivity contribution in [3.8, 4) is 0 Å². The van der Waals surface area contributed by atoms with E-state index in [1.807, 2.05) is 6.92 Å². The Kier molecular flexibility index (Phi) is 3.79. The predicted molar refractivity (Wildman–Crippen MR) is 79.1 cm³/mol. The van der Waals surface area contributed by atoms with Crippen molar-refractivity contribution in [3.63, 3.8) is 0 Å². The third kappa shape index (κ3) is 2.59. The second-order valence-electron chi connectivity index (χ2n) is 4.39. The molecule has 1 aliphatic carbocycles. The summed E-state index contributed by atoms with van der Waals surface area (Å²) in [6.45, 7) is 2.77. The molecule has 2 heterocycles. The average molecular weight is 357 g/mol. The van der Waals surface area contributed by atoms with E-state index in [0.717, 1.165) is 34.7 Å². The molecule has 0 aromatic carbocycles. The maximum Gasteiger partial charge on any atom is 0.344 e. The minimum atomic E-state index is -0.160. The fourth-order valence-electron chi connectivity index (χ4n) is 1.82. The number of hydrogen-bond acceptors (Lipinski definition) is 6. The lowest BCUT2D eigenvalue weighted by Gasteiger charge is -2.08. The van der Waals surface area contributed by atoms with Crippen LogP contribution < -0.4 is 11.0 Å². The standard InChI is InChI=1S/C11H13BrN6OS/c1-2-13-8-7(12)9(15-5-14-8)20-11-17-16-10(19)18(11)6-3-4-6/h5-6H,2-4H2,1H3,(H,16,19)(H,13,14,15). The molecule has 9 heteroatoms. The molecule has 0 radical (unpaired) electrons. The quantitative estimate of drug-likeness (QED) is 0.797. The van der Waals surface area contributed by atoms with Crippen LogP contribution in [-0.4, -0.2) is 31.3 Å². The van der Waals surface area contributed by atoms with Crippen LogP contribution in [0.5, 0.6) is 0 Å². The summed E-state index contributed by atoms with van der Waals surface area (Å²) in [5, 5.41) is 11.1. The molecule has 2 N–H and O–H groups in total. The lowest BCUT2D eigenvalue weighted by Crippen LogP contribution is -2.16. The average Bonchev–Trinajstić information content (AvgIpc) is 3.20. The van der Waals surface area contributed by atoms with Crippen molar-refractivity contribution < 1.29 is 0 Å². The number of anilines is 1. The summed E-state index contributed by atoms with van der Waals surface area (Å²) in [6.07, 6.45) is 3.55. The van der Waals surface area contributed by atoms with Crippen LogP contribution in [-0.2, 0) is 0 Å². The van der Waals surface area contributed by atoms with Gasteiger partial charge in [-0.15, -0.1) is 5.10 Å². The van der Waals surface area contributed by atoms with Gasteiger partial charge in [0.2, 0.25) is 0 Å². The monoisotopic (exact) mass is 356 g/mol. The minimum absolute atomic E-state index is 0.160. The SMILES string of the molecule is CCNc1ncnc(Sc2n[nH]c(=O)n2C2CC2)c1Br. The number of nitrogens with zero attached hydrogens (tertiary/aromatic N) is 4. The summed E-state index contributed by atoms with van der Waals surface area (Å²) in [7, 11) is 0. The topological polar surface area (TPSA) is 88.5 Å². The number of aromatic amines is 1. The van der Waals surface area contributed by atoms with Gasteiger partial charge >= 0.3 is 5.69 Å². The third-order valence-corrected chi connectivity index (χ3v) is 4.86. The Bertz CT molecular complexity index is 680. The highest BCUT2D eigenvalue weighted by molar-refractivity contribution is 9.10. The van der Waals surface area contributed by atoms with Gasteiger partial charge in [0.05, 0.1) is 4.47 Å². The minimum Gasteiger partial charge on any atom is -0.369 e. The molecular weight excluding hydrogens is 344 g/mol. The van der Waals surface area contributed by atoms with Crippen LogP contribution in [0.1, 0.15) is 25.8 Å². The van der Waals surface area contributed by atoms with Crippen LogP contribution in [0, 0.1) is 0 Å². The lowest BCUT2D eigenvalue weighted by molar-refractivity contribution is 0.642. The van der Waals surface area contributed by atoms with Gasteiger partial charge in [0.25, 0.3) is 0 Å². The van der Waals surface area contributed by atoms with E-state index in [2.05, 4.69) is 41.4 Å². The number of rotatable bonds is 5. The van der Waals surface area contributed by atoms with Gasteiger partial charge in [-0.3, -0.25) is 4.57 Å². The zero-order valence-corrected chi connectivity index (χ0v) is 13.2. The van der Waals surface area contributed by atoms with Crippen LogP contribution in [0.3, 0.4) is 0 Å². The number of aromatic nitrogens is 5. The fourth-order valence-corrected chi connectivity index (χ4v) is 3.29. The first-order valence-corrected chi connectivity index (χ1v) is 7.90. The fraction of sp³-hybridized carbons (Fsp3) is 0.455. The van der Waals surface area contributed by atoms with E-state index < -0.39 is 0 Å². The van der Waals surface area contributed by atoms with Gasteiger partial charge in [0, 0.05) is 12.6 Å². The van der Waals surface area contributed by atoms with Crippen molar-refractivity contribution in [3.05, 3.63) is 21.3 Å².